The van der Waals surface area contributed by atoms with E-state index < -0.39 is 11.9 Å². The summed E-state index contributed by atoms with van der Waals surface area (Å²) in [5.74, 6) is 0. The van der Waals surface area contributed by atoms with Crippen molar-refractivity contribution in [3.05, 3.63) is 36.0 Å². The molecule has 0 unspecified atom stereocenters. The lowest BCUT2D eigenvalue weighted by Gasteiger charge is -2.00. The summed E-state index contributed by atoms with van der Waals surface area (Å²) in [5, 5.41) is 6.93. The zero-order valence-electron chi connectivity index (χ0n) is 7.40. The predicted molar refractivity (Wildman–Crippen MR) is 42.8 cm³/mol. The van der Waals surface area contributed by atoms with E-state index in [0.29, 0.717) is 5.69 Å². The topological polar surface area (TPSA) is 43.9 Å². The fraction of sp³-hybridized carbons (Fsp3) is 0.250. The molecule has 2 rings (SSSR count). The van der Waals surface area contributed by atoms with Crippen LogP contribution in [0.1, 0.15) is 11.4 Å². The van der Waals surface area contributed by atoms with Crippen LogP contribution >= 0.6 is 0 Å². The molecule has 0 spiro atoms. The Balaban J connectivity index is 2.15. The molecule has 0 fully saturated rings. The lowest BCUT2D eigenvalue weighted by molar-refractivity contribution is -0.141. The molecule has 0 radical (unpaired) electrons. The van der Waals surface area contributed by atoms with Crippen LogP contribution in [0.2, 0.25) is 0 Å². The fourth-order valence-corrected chi connectivity index (χ4v) is 1.09. The van der Waals surface area contributed by atoms with E-state index in [0.717, 1.165) is 10.7 Å². The van der Waals surface area contributed by atoms with Crippen molar-refractivity contribution in [3.63, 3.8) is 0 Å². The Morgan fingerprint density at radius 1 is 1.33 bits per heavy atom. The van der Waals surface area contributed by atoms with Gasteiger partial charge in [-0.05, 0) is 6.07 Å². The van der Waals surface area contributed by atoms with Crippen LogP contribution in [0, 0.1) is 0 Å². The van der Waals surface area contributed by atoms with Crippen molar-refractivity contribution >= 4 is 0 Å². The third-order valence-electron chi connectivity index (χ3n) is 1.75. The molecule has 4 nitrogen and oxygen atoms in total. The number of hydrogen-bond acceptors (Lipinski definition) is 3. The normalized spacial score (nSPS) is 11.9. The van der Waals surface area contributed by atoms with Crippen molar-refractivity contribution in [3.8, 4) is 0 Å². The summed E-state index contributed by atoms with van der Waals surface area (Å²) >= 11 is 0. The number of nitrogens with zero attached hydrogens (tertiary/aromatic N) is 3. The lowest BCUT2D eigenvalue weighted by Crippen LogP contribution is -2.08. The summed E-state index contributed by atoms with van der Waals surface area (Å²) in [6.07, 6.45) is -1.81. The molecule has 0 aromatic carbocycles. The third-order valence-corrected chi connectivity index (χ3v) is 1.75. The van der Waals surface area contributed by atoms with Gasteiger partial charge in [0.05, 0.1) is 6.54 Å². The van der Waals surface area contributed by atoms with Gasteiger partial charge in [-0.2, -0.15) is 18.3 Å². The van der Waals surface area contributed by atoms with Gasteiger partial charge in [-0.15, -0.1) is 0 Å². The Morgan fingerprint density at radius 3 is 2.67 bits per heavy atom. The molecular formula is C8H6F3N3O. The second kappa shape index (κ2) is 3.41. The van der Waals surface area contributed by atoms with Crippen molar-refractivity contribution in [2.75, 3.05) is 0 Å². The Kier molecular flexibility index (Phi) is 2.22. The number of aromatic nitrogens is 3. The highest BCUT2D eigenvalue weighted by Crippen LogP contribution is 2.27. The third kappa shape index (κ3) is 2.17. The standard InChI is InChI=1S/C8H6F3N3O/c9-8(10,11)7-1-3-14(12-7)5-6-2-4-15-13-6/h1-4H,5H2. The number of halogens is 3. The largest absolute Gasteiger partial charge is 0.435 e. The fourth-order valence-electron chi connectivity index (χ4n) is 1.09. The first-order valence-electron chi connectivity index (χ1n) is 4.05. The molecular weight excluding hydrogens is 211 g/mol. The first-order valence-corrected chi connectivity index (χ1v) is 4.05. The van der Waals surface area contributed by atoms with Crippen molar-refractivity contribution < 1.29 is 17.7 Å². The molecule has 2 aromatic heterocycles. The first-order chi connectivity index (χ1) is 7.05. The van der Waals surface area contributed by atoms with Crippen LogP contribution in [0.3, 0.4) is 0 Å². The van der Waals surface area contributed by atoms with Crippen LogP contribution in [-0.2, 0) is 12.7 Å². The van der Waals surface area contributed by atoms with Crippen LogP contribution in [0.25, 0.3) is 0 Å². The van der Waals surface area contributed by atoms with Crippen molar-refractivity contribution in [1.29, 1.82) is 0 Å². The zero-order chi connectivity index (χ0) is 10.9. The van der Waals surface area contributed by atoms with E-state index in [1.165, 1.54) is 12.5 Å². The summed E-state index contributed by atoms with van der Waals surface area (Å²) in [5.41, 5.74) is -0.391. The molecule has 15 heavy (non-hydrogen) atoms. The minimum absolute atomic E-state index is 0.159. The van der Waals surface area contributed by atoms with Crippen LogP contribution in [0.4, 0.5) is 13.2 Å². The maximum atomic E-state index is 12.2. The van der Waals surface area contributed by atoms with Crippen LogP contribution < -0.4 is 0 Å². The molecule has 0 amide bonds. The first kappa shape index (κ1) is 9.75. The van der Waals surface area contributed by atoms with E-state index in [2.05, 4.69) is 14.8 Å². The van der Waals surface area contributed by atoms with Gasteiger partial charge in [-0.1, -0.05) is 5.16 Å². The van der Waals surface area contributed by atoms with E-state index in [4.69, 9.17) is 0 Å². The molecule has 80 valence electrons. The van der Waals surface area contributed by atoms with Gasteiger partial charge in [0.1, 0.15) is 12.0 Å². The van der Waals surface area contributed by atoms with E-state index in [1.807, 2.05) is 0 Å². The highest BCUT2D eigenvalue weighted by molar-refractivity contribution is 5.05. The van der Waals surface area contributed by atoms with Crippen molar-refractivity contribution in [2.45, 2.75) is 12.7 Å². The smallest absolute Gasteiger partial charge is 0.364 e. The Hall–Kier alpha value is -1.79. The SMILES string of the molecule is FC(F)(F)c1ccn(Cc2ccon2)n1. The van der Waals surface area contributed by atoms with Gasteiger partial charge in [0, 0.05) is 12.3 Å². The van der Waals surface area contributed by atoms with Gasteiger partial charge in [-0.25, -0.2) is 0 Å². The van der Waals surface area contributed by atoms with Gasteiger partial charge in [-0.3, -0.25) is 4.68 Å². The number of alkyl halides is 3. The van der Waals surface area contributed by atoms with E-state index in [9.17, 15) is 13.2 Å². The summed E-state index contributed by atoms with van der Waals surface area (Å²) in [6.45, 7) is 0.159. The summed E-state index contributed by atoms with van der Waals surface area (Å²) in [4.78, 5) is 0. The molecule has 2 aromatic rings. The predicted octanol–water partition coefficient (Wildman–Crippen LogP) is 1.94. The van der Waals surface area contributed by atoms with Gasteiger partial charge in [0.15, 0.2) is 5.69 Å². The molecule has 0 N–H and O–H groups in total. The molecule has 0 saturated carbocycles. The van der Waals surface area contributed by atoms with Crippen LogP contribution in [-0.4, -0.2) is 14.9 Å². The molecule has 7 heteroatoms. The highest BCUT2D eigenvalue weighted by Gasteiger charge is 2.33. The van der Waals surface area contributed by atoms with Gasteiger partial charge in [0.2, 0.25) is 0 Å². The zero-order valence-corrected chi connectivity index (χ0v) is 7.40. The van der Waals surface area contributed by atoms with E-state index in [1.54, 1.807) is 6.07 Å². The van der Waals surface area contributed by atoms with E-state index in [-0.39, 0.29) is 6.54 Å². The lowest BCUT2D eigenvalue weighted by atomic mass is 10.4. The summed E-state index contributed by atoms with van der Waals surface area (Å²) in [7, 11) is 0. The Morgan fingerprint density at radius 2 is 2.13 bits per heavy atom. The molecule has 0 aliphatic heterocycles. The minimum atomic E-state index is -4.41. The van der Waals surface area contributed by atoms with Gasteiger partial charge >= 0.3 is 6.18 Å². The van der Waals surface area contributed by atoms with Crippen molar-refractivity contribution in [2.24, 2.45) is 0 Å². The average molecular weight is 217 g/mol. The van der Waals surface area contributed by atoms with Crippen LogP contribution in [0.15, 0.2) is 29.1 Å². The Bertz CT molecular complexity index is 432. The quantitative estimate of drug-likeness (QED) is 0.772. The molecule has 2 heterocycles. The number of hydrogen-bond donors (Lipinski definition) is 0. The summed E-state index contributed by atoms with van der Waals surface area (Å²) < 4.78 is 42.2. The Labute approximate surface area is 82.3 Å². The molecule has 0 atom stereocenters. The van der Waals surface area contributed by atoms with E-state index >= 15 is 0 Å². The average Bonchev–Trinajstić information content (AvgIpc) is 2.73. The molecule has 0 bridgehead atoms. The molecule has 0 saturated heterocycles. The van der Waals surface area contributed by atoms with Gasteiger partial charge in [0.25, 0.3) is 0 Å². The van der Waals surface area contributed by atoms with Crippen LogP contribution in [0.5, 0.6) is 0 Å². The minimum Gasteiger partial charge on any atom is -0.364 e. The van der Waals surface area contributed by atoms with Crippen molar-refractivity contribution in [1.82, 2.24) is 14.9 Å². The second-order valence-corrected chi connectivity index (χ2v) is 2.89. The van der Waals surface area contributed by atoms with Gasteiger partial charge < -0.3 is 4.52 Å². The maximum absolute atomic E-state index is 12.2. The second-order valence-electron chi connectivity index (χ2n) is 2.89. The highest BCUT2D eigenvalue weighted by atomic mass is 19.4. The maximum Gasteiger partial charge on any atom is 0.435 e. The monoisotopic (exact) mass is 217 g/mol. The molecule has 0 aliphatic carbocycles. The summed E-state index contributed by atoms with van der Waals surface area (Å²) in [6, 6.07) is 2.48. The number of rotatable bonds is 2. The molecule has 0 aliphatic rings.